The van der Waals surface area contributed by atoms with E-state index in [0.717, 1.165) is 16.5 Å². The van der Waals surface area contributed by atoms with Crippen LogP contribution in [0.25, 0.3) is 10.9 Å². The number of carbonyl (C=O) groups excluding carboxylic acids is 3. The fraction of sp³-hybridized carbons (Fsp3) is 0.429. The molecule has 31 heavy (non-hydrogen) atoms. The number of nitrogens with zero attached hydrogens (tertiary/aromatic N) is 1. The maximum Gasteiger partial charge on any atom is 0.220 e. The molecule has 1 aromatic carbocycles. The van der Waals surface area contributed by atoms with E-state index in [1.165, 1.54) is 0 Å². The molecule has 2 rings (SSSR count). The lowest BCUT2D eigenvalue weighted by Crippen LogP contribution is -2.30. The number of primary amides is 1. The van der Waals surface area contributed by atoms with Gasteiger partial charge in [0.25, 0.3) is 0 Å². The van der Waals surface area contributed by atoms with Crippen molar-refractivity contribution in [1.29, 1.82) is 0 Å². The zero-order valence-corrected chi connectivity index (χ0v) is 17.4. The third kappa shape index (κ3) is 7.50. The van der Waals surface area contributed by atoms with Crippen LogP contribution in [0.2, 0.25) is 0 Å². The van der Waals surface area contributed by atoms with E-state index >= 15 is 0 Å². The Morgan fingerprint density at radius 1 is 1.06 bits per heavy atom. The Morgan fingerprint density at radius 3 is 2.48 bits per heavy atom. The normalized spacial score (nSPS) is 12.9. The minimum atomic E-state index is -0.659. The monoisotopic (exact) mass is 430 g/mol. The highest BCUT2D eigenvalue weighted by Crippen LogP contribution is 2.25. The van der Waals surface area contributed by atoms with Crippen LogP contribution >= 0.6 is 0 Å². The van der Waals surface area contributed by atoms with Crippen molar-refractivity contribution in [2.24, 2.45) is 39.9 Å². The van der Waals surface area contributed by atoms with E-state index in [1.54, 1.807) is 0 Å². The Balaban J connectivity index is 2.13. The molecule has 0 aliphatic heterocycles. The molecule has 10 nitrogen and oxygen atoms in total. The van der Waals surface area contributed by atoms with Crippen LogP contribution in [0, 0.1) is 11.8 Å². The summed E-state index contributed by atoms with van der Waals surface area (Å²) < 4.78 is 0. The van der Waals surface area contributed by atoms with Crippen molar-refractivity contribution in [2.75, 3.05) is 13.2 Å². The largest absolute Gasteiger partial charge is 0.370 e. The number of carbonyl (C=O) groups is 3. The summed E-state index contributed by atoms with van der Waals surface area (Å²) in [4.78, 5) is 48.6. The Morgan fingerprint density at radius 2 is 1.81 bits per heavy atom. The van der Waals surface area contributed by atoms with Crippen LogP contribution in [-0.4, -0.2) is 41.6 Å². The molecular formula is C21H30N6O4. The third-order valence-electron chi connectivity index (χ3n) is 5.17. The first-order valence-electron chi connectivity index (χ1n) is 10.1. The summed E-state index contributed by atoms with van der Waals surface area (Å²) in [6.45, 7) is 0.0564. The maximum absolute atomic E-state index is 13.1. The molecule has 2 aromatic rings. The minimum Gasteiger partial charge on any atom is -0.370 e. The second-order valence-corrected chi connectivity index (χ2v) is 7.53. The molecule has 2 unspecified atom stereocenters. The van der Waals surface area contributed by atoms with Gasteiger partial charge in [-0.3, -0.25) is 24.2 Å². The highest BCUT2D eigenvalue weighted by Gasteiger charge is 2.27. The molecule has 168 valence electrons. The third-order valence-corrected chi connectivity index (χ3v) is 5.17. The van der Waals surface area contributed by atoms with E-state index in [1.807, 2.05) is 30.5 Å². The zero-order chi connectivity index (χ0) is 22.8. The smallest absolute Gasteiger partial charge is 0.220 e. The average molecular weight is 431 g/mol. The second-order valence-electron chi connectivity index (χ2n) is 7.53. The van der Waals surface area contributed by atoms with Gasteiger partial charge in [-0.25, -0.2) is 5.90 Å². The lowest BCUT2D eigenvalue weighted by atomic mass is 9.85. The number of benzene rings is 1. The number of hydrogen-bond donors (Lipinski definition) is 5. The molecule has 0 spiro atoms. The molecule has 1 heterocycles. The molecular weight excluding hydrogens is 400 g/mol. The van der Waals surface area contributed by atoms with Crippen LogP contribution < -0.4 is 23.1 Å². The number of amides is 1. The number of guanidine groups is 1. The number of nitrogens with two attached hydrogens (primary N) is 4. The first-order chi connectivity index (χ1) is 14.8. The summed E-state index contributed by atoms with van der Waals surface area (Å²) in [7, 11) is 0. The Hall–Kier alpha value is -3.24. The van der Waals surface area contributed by atoms with E-state index < -0.39 is 17.7 Å². The van der Waals surface area contributed by atoms with E-state index in [4.69, 9.17) is 23.1 Å². The van der Waals surface area contributed by atoms with Crippen molar-refractivity contribution in [2.45, 2.75) is 32.1 Å². The number of aliphatic imine (C=N–C) groups is 1. The number of H-pyrrole nitrogens is 1. The van der Waals surface area contributed by atoms with Gasteiger partial charge in [0.05, 0.1) is 0 Å². The van der Waals surface area contributed by atoms with E-state index in [2.05, 4.69) is 14.8 Å². The van der Waals surface area contributed by atoms with Gasteiger partial charge < -0.3 is 22.2 Å². The first kappa shape index (κ1) is 24.0. The number of Topliss-reactive ketones (excluding diaryl/α,β-unsaturated/α-hetero) is 2. The number of aromatic amines is 1. The molecule has 0 radical (unpaired) electrons. The molecule has 0 fully saturated rings. The number of para-hydroxylation sites is 1. The van der Waals surface area contributed by atoms with Crippen molar-refractivity contribution >= 4 is 34.3 Å². The molecule has 1 amide bonds. The van der Waals surface area contributed by atoms with E-state index in [9.17, 15) is 14.4 Å². The van der Waals surface area contributed by atoms with Crippen molar-refractivity contribution in [3.8, 4) is 0 Å². The lowest BCUT2D eigenvalue weighted by molar-refractivity contribution is -0.132. The zero-order valence-electron chi connectivity index (χ0n) is 17.4. The van der Waals surface area contributed by atoms with Crippen LogP contribution in [0.3, 0.4) is 0 Å². The average Bonchev–Trinajstić information content (AvgIpc) is 3.12. The Kier molecular flexibility index (Phi) is 9.16. The Bertz CT molecular complexity index is 935. The number of rotatable bonds is 14. The SMILES string of the molecule is NOCC(=O)CC(Cc1c[nH]c2ccccc12)C(=O)CC(CCCN=C(N)N)C(N)=O. The predicted molar refractivity (Wildman–Crippen MR) is 117 cm³/mol. The van der Waals surface area contributed by atoms with Gasteiger partial charge in [-0.05, 0) is 30.9 Å². The van der Waals surface area contributed by atoms with Crippen LogP contribution in [0.5, 0.6) is 0 Å². The summed E-state index contributed by atoms with van der Waals surface area (Å²) in [6, 6.07) is 7.70. The van der Waals surface area contributed by atoms with Gasteiger partial charge in [-0.2, -0.15) is 0 Å². The fourth-order valence-electron chi connectivity index (χ4n) is 3.59. The molecule has 0 saturated carbocycles. The molecule has 0 aliphatic carbocycles. The number of nitrogens with one attached hydrogen (secondary N) is 1. The second kappa shape index (κ2) is 11.8. The Labute approximate surface area is 180 Å². The predicted octanol–water partition coefficient (Wildman–Crippen LogP) is 0.290. The van der Waals surface area contributed by atoms with Gasteiger partial charge in [0.1, 0.15) is 12.4 Å². The number of ketones is 2. The molecule has 10 heteroatoms. The van der Waals surface area contributed by atoms with Crippen LogP contribution in [0.1, 0.15) is 31.2 Å². The summed E-state index contributed by atoms with van der Waals surface area (Å²) in [6.07, 6.45) is 2.97. The lowest BCUT2D eigenvalue weighted by Gasteiger charge is -2.18. The van der Waals surface area contributed by atoms with Crippen molar-refractivity contribution < 1.29 is 19.2 Å². The first-order valence-corrected chi connectivity index (χ1v) is 10.1. The van der Waals surface area contributed by atoms with Gasteiger partial charge in [0.2, 0.25) is 5.91 Å². The summed E-state index contributed by atoms with van der Waals surface area (Å²) in [5.41, 5.74) is 17.9. The van der Waals surface area contributed by atoms with Crippen molar-refractivity contribution in [3.63, 3.8) is 0 Å². The van der Waals surface area contributed by atoms with Gasteiger partial charge in [0.15, 0.2) is 11.7 Å². The summed E-state index contributed by atoms with van der Waals surface area (Å²) in [5.74, 6) is 2.62. The number of aromatic nitrogens is 1. The van der Waals surface area contributed by atoms with Gasteiger partial charge in [-0.1, -0.05) is 18.2 Å². The topological polar surface area (TPSA) is 193 Å². The van der Waals surface area contributed by atoms with E-state index in [-0.39, 0.29) is 37.0 Å². The molecule has 0 aliphatic rings. The fourth-order valence-corrected chi connectivity index (χ4v) is 3.59. The quantitative estimate of drug-likeness (QED) is 0.123. The van der Waals surface area contributed by atoms with Gasteiger partial charge in [-0.15, -0.1) is 0 Å². The number of fused-ring (bicyclic) bond motifs is 1. The minimum absolute atomic E-state index is 0.0327. The molecule has 1 aromatic heterocycles. The summed E-state index contributed by atoms with van der Waals surface area (Å²) in [5, 5.41) is 0.978. The molecule has 2 atom stereocenters. The highest BCUT2D eigenvalue weighted by atomic mass is 16.6. The van der Waals surface area contributed by atoms with Crippen molar-refractivity contribution in [1.82, 2.24) is 4.98 Å². The van der Waals surface area contributed by atoms with Gasteiger partial charge >= 0.3 is 0 Å². The van der Waals surface area contributed by atoms with Crippen molar-refractivity contribution in [3.05, 3.63) is 36.0 Å². The van der Waals surface area contributed by atoms with E-state index in [0.29, 0.717) is 25.8 Å². The molecule has 0 bridgehead atoms. The van der Waals surface area contributed by atoms with Crippen LogP contribution in [0.4, 0.5) is 0 Å². The van der Waals surface area contributed by atoms with Crippen LogP contribution in [-0.2, 0) is 25.6 Å². The summed E-state index contributed by atoms with van der Waals surface area (Å²) >= 11 is 0. The molecule has 0 saturated heterocycles. The van der Waals surface area contributed by atoms with Crippen LogP contribution in [0.15, 0.2) is 35.5 Å². The van der Waals surface area contributed by atoms with Gasteiger partial charge in [0, 0.05) is 48.3 Å². The maximum atomic E-state index is 13.1. The number of hydrogen-bond acceptors (Lipinski definition) is 6. The molecule has 9 N–H and O–H groups in total. The standard InChI is InChI=1S/C21H30N6O4/c22-20(30)13(4-3-7-26-21(23)24)10-19(29)14(9-16(28)12-31-25)8-15-11-27-18-6-2-1-5-17(15)18/h1-2,5-6,11,13-14,27H,3-4,7-10,12,25H2,(H2,22,30)(H4,23,24,26). The highest BCUT2D eigenvalue weighted by molar-refractivity contribution is 5.92.